The van der Waals surface area contributed by atoms with E-state index in [0.29, 0.717) is 11.4 Å². The molecule has 1 saturated carbocycles. The number of hydrogen-bond acceptors (Lipinski definition) is 8. The van der Waals surface area contributed by atoms with Crippen molar-refractivity contribution in [2.45, 2.75) is 43.0 Å². The zero-order chi connectivity index (χ0) is 23.4. The van der Waals surface area contributed by atoms with Gasteiger partial charge < -0.3 is 15.6 Å². The summed E-state index contributed by atoms with van der Waals surface area (Å²) < 4.78 is 35.6. The van der Waals surface area contributed by atoms with Crippen molar-refractivity contribution in [3.63, 3.8) is 0 Å². The number of sulfonamides is 1. The lowest BCUT2D eigenvalue weighted by molar-refractivity contribution is 0.411. The number of nitrogen functional groups attached to an aromatic ring is 1. The summed E-state index contributed by atoms with van der Waals surface area (Å²) in [5.41, 5.74) is 12.6. The number of methoxy groups -OCH3 is 1. The van der Waals surface area contributed by atoms with Gasteiger partial charge in [0.2, 0.25) is 15.9 Å². The number of benzene rings is 2. The Kier molecular flexibility index (Phi) is 6.61. The minimum atomic E-state index is -3.80. The quantitative estimate of drug-likeness (QED) is 0.314. The van der Waals surface area contributed by atoms with Crippen molar-refractivity contribution >= 4 is 27.2 Å². The van der Waals surface area contributed by atoms with E-state index in [4.69, 9.17) is 10.5 Å². The van der Waals surface area contributed by atoms with Crippen LogP contribution in [-0.2, 0) is 10.0 Å². The molecule has 6 N–H and O–H groups in total. The molecular weight excluding hydrogens is 444 g/mol. The van der Waals surface area contributed by atoms with Gasteiger partial charge in [-0.3, -0.25) is 10.9 Å². The third-order valence-corrected chi connectivity index (χ3v) is 7.19. The molecule has 176 valence electrons. The highest BCUT2D eigenvalue weighted by Gasteiger charge is 2.25. The van der Waals surface area contributed by atoms with E-state index < -0.39 is 10.0 Å². The molecule has 0 saturated heterocycles. The predicted octanol–water partition coefficient (Wildman–Crippen LogP) is 3.22. The summed E-state index contributed by atoms with van der Waals surface area (Å²) in [6, 6.07) is 13.5. The molecule has 0 atom stereocenters. The van der Waals surface area contributed by atoms with Gasteiger partial charge in [0, 0.05) is 12.1 Å². The van der Waals surface area contributed by atoms with Gasteiger partial charge in [-0.2, -0.15) is 4.68 Å². The van der Waals surface area contributed by atoms with E-state index in [1.165, 1.54) is 17.9 Å². The van der Waals surface area contributed by atoms with Crippen molar-refractivity contribution < 1.29 is 18.3 Å². The second-order valence-corrected chi connectivity index (χ2v) is 9.58. The molecule has 11 heteroatoms. The lowest BCUT2D eigenvalue weighted by atomic mass is 9.96. The van der Waals surface area contributed by atoms with Crippen LogP contribution < -0.4 is 26.0 Å². The fourth-order valence-electron chi connectivity index (χ4n) is 3.90. The highest BCUT2D eigenvalue weighted by Crippen LogP contribution is 2.33. The minimum Gasteiger partial charge on any atom is -0.497 e. The van der Waals surface area contributed by atoms with Crippen molar-refractivity contribution in [3.05, 3.63) is 48.5 Å². The van der Waals surface area contributed by atoms with E-state index in [1.54, 1.807) is 24.3 Å². The fourth-order valence-corrected chi connectivity index (χ4v) is 5.34. The standard InChI is InChI=1S/C22H28N6O4S/c1-32-17-12-13-19(33(30,31)27-15-8-4-2-5-9-15)18(14-17)24-25-20-21(23)26-28(22(20)29)16-10-6-3-7-11-16/h3,6-7,10-15,24-25,27,29H,2,4-5,8-9H2,1H3,(H2,23,26). The molecule has 0 spiro atoms. The van der Waals surface area contributed by atoms with Gasteiger partial charge in [-0.15, -0.1) is 5.10 Å². The van der Waals surface area contributed by atoms with Crippen LogP contribution in [0, 0.1) is 0 Å². The minimum absolute atomic E-state index is 0.0384. The summed E-state index contributed by atoms with van der Waals surface area (Å²) in [5.74, 6) is 0.281. The Hall–Kier alpha value is -3.44. The van der Waals surface area contributed by atoms with Crippen LogP contribution in [0.4, 0.5) is 17.2 Å². The van der Waals surface area contributed by atoms with Crippen LogP contribution in [-0.4, -0.2) is 36.5 Å². The molecule has 0 radical (unpaired) electrons. The van der Waals surface area contributed by atoms with Crippen molar-refractivity contribution in [1.29, 1.82) is 0 Å². The molecule has 0 bridgehead atoms. The number of aromatic nitrogens is 2. The third-order valence-electron chi connectivity index (χ3n) is 5.61. The molecule has 4 rings (SSSR count). The molecule has 33 heavy (non-hydrogen) atoms. The summed E-state index contributed by atoms with van der Waals surface area (Å²) in [7, 11) is -2.31. The first-order chi connectivity index (χ1) is 15.9. The largest absolute Gasteiger partial charge is 0.497 e. The van der Waals surface area contributed by atoms with E-state index in [0.717, 1.165) is 32.1 Å². The maximum atomic E-state index is 13.1. The number of hydrazine groups is 1. The molecule has 0 amide bonds. The average molecular weight is 473 g/mol. The van der Waals surface area contributed by atoms with Crippen molar-refractivity contribution in [2.24, 2.45) is 0 Å². The van der Waals surface area contributed by atoms with E-state index >= 15 is 0 Å². The Balaban J connectivity index is 1.60. The van der Waals surface area contributed by atoms with E-state index in [2.05, 4.69) is 20.7 Å². The highest BCUT2D eigenvalue weighted by atomic mass is 32.2. The van der Waals surface area contributed by atoms with Gasteiger partial charge in [-0.1, -0.05) is 37.5 Å². The normalized spacial score (nSPS) is 14.7. The van der Waals surface area contributed by atoms with Gasteiger partial charge in [0.15, 0.2) is 11.5 Å². The van der Waals surface area contributed by atoms with Gasteiger partial charge in [-0.25, -0.2) is 13.1 Å². The maximum Gasteiger partial charge on any atom is 0.242 e. The number of nitrogens with zero attached hydrogens (tertiary/aromatic N) is 2. The summed E-state index contributed by atoms with van der Waals surface area (Å²) in [4.78, 5) is 0.0508. The molecule has 1 aliphatic rings. The SMILES string of the molecule is COc1ccc(S(=O)(=O)NC2CCCCC2)c(NNc2c(N)nn(-c3ccccc3)c2O)c1. The van der Waals surface area contributed by atoms with Crippen LogP contribution in [0.2, 0.25) is 0 Å². The van der Waals surface area contributed by atoms with Crippen molar-refractivity contribution in [2.75, 3.05) is 23.7 Å². The molecule has 1 heterocycles. The summed E-state index contributed by atoms with van der Waals surface area (Å²) >= 11 is 0. The molecule has 1 aliphatic carbocycles. The van der Waals surface area contributed by atoms with E-state index in [1.807, 2.05) is 18.2 Å². The maximum absolute atomic E-state index is 13.1. The number of hydrogen-bond donors (Lipinski definition) is 5. The lowest BCUT2D eigenvalue weighted by Crippen LogP contribution is -2.36. The average Bonchev–Trinajstić information content (AvgIpc) is 3.11. The highest BCUT2D eigenvalue weighted by molar-refractivity contribution is 7.89. The smallest absolute Gasteiger partial charge is 0.242 e. The van der Waals surface area contributed by atoms with Crippen molar-refractivity contribution in [3.8, 4) is 17.3 Å². The molecular formula is C22H28N6O4S. The van der Waals surface area contributed by atoms with Gasteiger partial charge in [-0.05, 0) is 37.1 Å². The summed E-state index contributed by atoms with van der Waals surface area (Å²) in [6.45, 7) is 0. The van der Waals surface area contributed by atoms with Crippen LogP contribution in [0.3, 0.4) is 0 Å². The molecule has 1 fully saturated rings. The van der Waals surface area contributed by atoms with Gasteiger partial charge in [0.1, 0.15) is 10.6 Å². The molecule has 0 unspecified atom stereocenters. The first-order valence-electron chi connectivity index (χ1n) is 10.7. The number of rotatable bonds is 8. The van der Waals surface area contributed by atoms with Crippen LogP contribution in [0.5, 0.6) is 11.6 Å². The van der Waals surface area contributed by atoms with Gasteiger partial charge >= 0.3 is 0 Å². The number of nitrogens with one attached hydrogen (secondary N) is 3. The Labute approximate surface area is 192 Å². The first-order valence-corrected chi connectivity index (χ1v) is 12.2. The Morgan fingerprint density at radius 3 is 2.52 bits per heavy atom. The summed E-state index contributed by atoms with van der Waals surface area (Å²) in [6.07, 6.45) is 4.77. The zero-order valence-corrected chi connectivity index (χ0v) is 19.1. The monoisotopic (exact) mass is 472 g/mol. The number of anilines is 3. The van der Waals surface area contributed by atoms with Gasteiger partial charge in [0.25, 0.3) is 0 Å². The molecule has 0 aliphatic heterocycles. The zero-order valence-electron chi connectivity index (χ0n) is 18.3. The number of ether oxygens (including phenoxy) is 1. The Bertz CT molecular complexity index is 1210. The Morgan fingerprint density at radius 1 is 1.09 bits per heavy atom. The second-order valence-electron chi connectivity index (χ2n) is 7.90. The van der Waals surface area contributed by atoms with E-state index in [9.17, 15) is 13.5 Å². The lowest BCUT2D eigenvalue weighted by Gasteiger charge is -2.23. The van der Waals surface area contributed by atoms with Gasteiger partial charge in [0.05, 0.1) is 18.5 Å². The molecule has 3 aromatic rings. The third kappa shape index (κ3) is 4.99. The van der Waals surface area contributed by atoms with Crippen LogP contribution >= 0.6 is 0 Å². The van der Waals surface area contributed by atoms with E-state index in [-0.39, 0.29) is 34.0 Å². The second kappa shape index (κ2) is 9.59. The molecule has 1 aromatic heterocycles. The summed E-state index contributed by atoms with van der Waals surface area (Å²) in [5, 5.41) is 14.8. The first kappa shape index (κ1) is 22.7. The molecule has 2 aromatic carbocycles. The fraction of sp³-hybridized carbons (Fsp3) is 0.318. The van der Waals surface area contributed by atoms with Crippen LogP contribution in [0.15, 0.2) is 53.4 Å². The predicted molar refractivity (Wildman–Crippen MR) is 127 cm³/mol. The number of nitrogens with two attached hydrogens (primary N) is 1. The topological polar surface area (TPSA) is 144 Å². The Morgan fingerprint density at radius 2 is 1.82 bits per heavy atom. The molecule has 10 nitrogen and oxygen atoms in total. The number of para-hydroxylation sites is 1. The van der Waals surface area contributed by atoms with Crippen LogP contribution in [0.25, 0.3) is 5.69 Å². The van der Waals surface area contributed by atoms with Crippen LogP contribution in [0.1, 0.15) is 32.1 Å². The number of aromatic hydroxyl groups is 1. The van der Waals surface area contributed by atoms with Crippen molar-refractivity contribution in [1.82, 2.24) is 14.5 Å².